The number of aromatic nitrogens is 1. The molecule has 1 aromatic rings. The fourth-order valence-corrected chi connectivity index (χ4v) is 2.59. The summed E-state index contributed by atoms with van der Waals surface area (Å²) in [6, 6.07) is 3.50. The first-order valence-corrected chi connectivity index (χ1v) is 6.95. The van der Waals surface area contributed by atoms with Gasteiger partial charge < -0.3 is 14.4 Å². The van der Waals surface area contributed by atoms with Gasteiger partial charge in [0.15, 0.2) is 0 Å². The van der Waals surface area contributed by atoms with Crippen LogP contribution in [-0.4, -0.2) is 44.2 Å². The highest BCUT2D eigenvalue weighted by molar-refractivity contribution is 5.90. The summed E-state index contributed by atoms with van der Waals surface area (Å²) >= 11 is 0. The van der Waals surface area contributed by atoms with Gasteiger partial charge in [0.25, 0.3) is 0 Å². The van der Waals surface area contributed by atoms with Gasteiger partial charge in [0.2, 0.25) is 0 Å². The van der Waals surface area contributed by atoms with Crippen molar-refractivity contribution in [2.75, 3.05) is 32.2 Å². The summed E-state index contributed by atoms with van der Waals surface area (Å²) in [4.78, 5) is 29.7. The Kier molecular flexibility index (Phi) is 4.77. The molecule has 0 aliphatic carbocycles. The van der Waals surface area contributed by atoms with E-state index in [0.29, 0.717) is 17.8 Å². The number of pyridine rings is 1. The predicted octanol–water partition coefficient (Wildman–Crippen LogP) is 1.57. The van der Waals surface area contributed by atoms with Gasteiger partial charge in [0, 0.05) is 13.1 Å². The Hall–Kier alpha value is -2.11. The number of carbonyl (C=O) groups excluding carboxylic acids is 2. The normalized spacial score (nSPS) is 18.2. The molecule has 0 aromatic carbocycles. The van der Waals surface area contributed by atoms with E-state index in [1.807, 2.05) is 0 Å². The van der Waals surface area contributed by atoms with Crippen LogP contribution in [0.1, 0.15) is 28.9 Å². The standard InChI is InChI=1S/C15H20N2O4/c1-10-12(15(19)21-3)6-7-13(16-10)17-8-4-5-11(9-17)14(18)20-2/h6-7,11H,4-5,8-9H2,1-3H3. The minimum Gasteiger partial charge on any atom is -0.469 e. The Bertz CT molecular complexity index is 544. The molecule has 1 aliphatic heterocycles. The molecule has 1 saturated heterocycles. The minimum absolute atomic E-state index is 0.119. The van der Waals surface area contributed by atoms with Gasteiger partial charge in [-0.25, -0.2) is 9.78 Å². The smallest absolute Gasteiger partial charge is 0.339 e. The van der Waals surface area contributed by atoms with Crippen LogP contribution < -0.4 is 4.90 Å². The monoisotopic (exact) mass is 292 g/mol. The van der Waals surface area contributed by atoms with Crippen molar-refractivity contribution in [3.63, 3.8) is 0 Å². The van der Waals surface area contributed by atoms with Crippen LogP contribution in [0, 0.1) is 12.8 Å². The van der Waals surface area contributed by atoms with Crippen LogP contribution in [-0.2, 0) is 14.3 Å². The number of ether oxygens (including phenoxy) is 2. The lowest BCUT2D eigenvalue weighted by molar-refractivity contribution is -0.145. The minimum atomic E-state index is -0.391. The second kappa shape index (κ2) is 6.56. The van der Waals surface area contributed by atoms with E-state index < -0.39 is 5.97 Å². The summed E-state index contributed by atoms with van der Waals surface area (Å²) in [5, 5.41) is 0. The zero-order valence-electron chi connectivity index (χ0n) is 12.6. The number of rotatable bonds is 3. The lowest BCUT2D eigenvalue weighted by Crippen LogP contribution is -2.39. The molecule has 0 amide bonds. The summed E-state index contributed by atoms with van der Waals surface area (Å²) in [6.07, 6.45) is 1.75. The number of aryl methyl sites for hydroxylation is 1. The van der Waals surface area contributed by atoms with Crippen LogP contribution in [0.4, 0.5) is 5.82 Å². The molecule has 0 bridgehead atoms. The van der Waals surface area contributed by atoms with Crippen molar-refractivity contribution in [1.82, 2.24) is 4.98 Å². The Morgan fingerprint density at radius 2 is 2.05 bits per heavy atom. The molecule has 21 heavy (non-hydrogen) atoms. The molecule has 1 fully saturated rings. The topological polar surface area (TPSA) is 68.7 Å². The van der Waals surface area contributed by atoms with Gasteiger partial charge in [-0.15, -0.1) is 0 Å². The summed E-state index contributed by atoms with van der Waals surface area (Å²) in [6.45, 7) is 3.21. The van der Waals surface area contributed by atoms with Gasteiger partial charge >= 0.3 is 11.9 Å². The second-order valence-electron chi connectivity index (χ2n) is 5.10. The van der Waals surface area contributed by atoms with E-state index in [1.165, 1.54) is 14.2 Å². The average Bonchev–Trinajstić information content (AvgIpc) is 2.53. The third-order valence-electron chi connectivity index (χ3n) is 3.76. The summed E-state index contributed by atoms with van der Waals surface area (Å²) in [7, 11) is 2.76. The largest absolute Gasteiger partial charge is 0.469 e. The van der Waals surface area contributed by atoms with E-state index in [0.717, 1.165) is 25.2 Å². The first-order valence-electron chi connectivity index (χ1n) is 6.95. The second-order valence-corrected chi connectivity index (χ2v) is 5.10. The summed E-state index contributed by atoms with van der Waals surface area (Å²) in [5.74, 6) is 0.0835. The van der Waals surface area contributed by atoms with E-state index in [2.05, 4.69) is 9.88 Å². The van der Waals surface area contributed by atoms with E-state index in [1.54, 1.807) is 19.1 Å². The van der Waals surface area contributed by atoms with Crippen molar-refractivity contribution in [2.24, 2.45) is 5.92 Å². The molecule has 6 nitrogen and oxygen atoms in total. The van der Waals surface area contributed by atoms with Gasteiger partial charge in [-0.1, -0.05) is 0 Å². The van der Waals surface area contributed by atoms with Crippen LogP contribution in [0.5, 0.6) is 0 Å². The fraction of sp³-hybridized carbons (Fsp3) is 0.533. The van der Waals surface area contributed by atoms with E-state index in [-0.39, 0.29) is 11.9 Å². The third-order valence-corrected chi connectivity index (χ3v) is 3.76. The van der Waals surface area contributed by atoms with Crippen LogP contribution in [0.15, 0.2) is 12.1 Å². The van der Waals surface area contributed by atoms with Crippen molar-refractivity contribution in [3.8, 4) is 0 Å². The highest BCUT2D eigenvalue weighted by atomic mass is 16.5. The predicted molar refractivity (Wildman–Crippen MR) is 77.3 cm³/mol. The van der Waals surface area contributed by atoms with E-state index in [9.17, 15) is 9.59 Å². The van der Waals surface area contributed by atoms with Gasteiger partial charge in [-0.2, -0.15) is 0 Å². The van der Waals surface area contributed by atoms with Crippen LogP contribution >= 0.6 is 0 Å². The number of hydrogen-bond donors (Lipinski definition) is 0. The number of piperidine rings is 1. The fourth-order valence-electron chi connectivity index (χ4n) is 2.59. The number of hydrogen-bond acceptors (Lipinski definition) is 6. The number of anilines is 1. The molecule has 0 N–H and O–H groups in total. The molecule has 1 unspecified atom stereocenters. The molecular weight excluding hydrogens is 272 g/mol. The zero-order chi connectivity index (χ0) is 15.4. The zero-order valence-corrected chi connectivity index (χ0v) is 12.6. The van der Waals surface area contributed by atoms with Crippen LogP contribution in [0.25, 0.3) is 0 Å². The first kappa shape index (κ1) is 15.3. The lowest BCUT2D eigenvalue weighted by Gasteiger charge is -2.32. The Morgan fingerprint density at radius 1 is 1.29 bits per heavy atom. The van der Waals surface area contributed by atoms with Gasteiger partial charge in [0.05, 0.1) is 31.4 Å². The Labute approximate surface area is 124 Å². The molecule has 6 heteroatoms. The number of carbonyl (C=O) groups is 2. The maximum Gasteiger partial charge on any atom is 0.339 e. The highest BCUT2D eigenvalue weighted by Crippen LogP contribution is 2.23. The third kappa shape index (κ3) is 3.32. The van der Waals surface area contributed by atoms with Gasteiger partial charge in [-0.05, 0) is 31.9 Å². The molecule has 2 heterocycles. The molecular formula is C15H20N2O4. The van der Waals surface area contributed by atoms with E-state index >= 15 is 0 Å². The van der Waals surface area contributed by atoms with Crippen LogP contribution in [0.2, 0.25) is 0 Å². The quantitative estimate of drug-likeness (QED) is 0.788. The van der Waals surface area contributed by atoms with E-state index in [4.69, 9.17) is 9.47 Å². The molecule has 114 valence electrons. The first-order chi connectivity index (χ1) is 10.1. The number of nitrogens with zero attached hydrogens (tertiary/aromatic N) is 2. The van der Waals surface area contributed by atoms with Crippen molar-refractivity contribution < 1.29 is 19.1 Å². The van der Waals surface area contributed by atoms with Crippen molar-refractivity contribution in [1.29, 1.82) is 0 Å². The molecule has 0 radical (unpaired) electrons. The maximum absolute atomic E-state index is 11.7. The van der Waals surface area contributed by atoms with Crippen molar-refractivity contribution in [2.45, 2.75) is 19.8 Å². The number of methoxy groups -OCH3 is 2. The molecule has 1 aliphatic rings. The Balaban J connectivity index is 2.16. The Morgan fingerprint density at radius 3 is 2.67 bits per heavy atom. The van der Waals surface area contributed by atoms with Crippen LogP contribution in [0.3, 0.4) is 0 Å². The summed E-state index contributed by atoms with van der Waals surface area (Å²) < 4.78 is 9.53. The molecule has 0 saturated carbocycles. The molecule has 0 spiro atoms. The summed E-state index contributed by atoms with van der Waals surface area (Å²) in [5.41, 5.74) is 1.09. The SMILES string of the molecule is COC(=O)c1ccc(N2CCCC(C(=O)OC)C2)nc1C. The molecule has 1 aromatic heterocycles. The lowest BCUT2D eigenvalue weighted by atomic mass is 9.98. The highest BCUT2D eigenvalue weighted by Gasteiger charge is 2.27. The molecule has 1 atom stereocenters. The van der Waals surface area contributed by atoms with Crippen molar-refractivity contribution >= 4 is 17.8 Å². The van der Waals surface area contributed by atoms with Gasteiger partial charge in [-0.3, -0.25) is 4.79 Å². The number of esters is 2. The maximum atomic E-state index is 11.7. The van der Waals surface area contributed by atoms with Gasteiger partial charge in [0.1, 0.15) is 5.82 Å². The average molecular weight is 292 g/mol. The molecule has 2 rings (SSSR count). The van der Waals surface area contributed by atoms with Crippen molar-refractivity contribution in [3.05, 3.63) is 23.4 Å².